The summed E-state index contributed by atoms with van der Waals surface area (Å²) in [6.45, 7) is 8.83. The number of hydrogen-bond donors (Lipinski definition) is 2. The summed E-state index contributed by atoms with van der Waals surface area (Å²) in [5.74, 6) is 0.182. The fraction of sp³-hybridized carbons (Fsp3) is 0.231. The number of anilines is 1. The van der Waals surface area contributed by atoms with Gasteiger partial charge in [-0.25, -0.2) is 4.79 Å². The summed E-state index contributed by atoms with van der Waals surface area (Å²) in [6, 6.07) is 11.5. The van der Waals surface area contributed by atoms with Gasteiger partial charge in [0.1, 0.15) is 0 Å². The van der Waals surface area contributed by atoms with Crippen LogP contribution in [-0.2, 0) is 4.74 Å². The van der Waals surface area contributed by atoms with E-state index in [1.807, 2.05) is 45.0 Å². The van der Waals surface area contributed by atoms with Gasteiger partial charge in [-0.3, -0.25) is 5.41 Å². The number of hydrogen-bond acceptors (Lipinski definition) is 5. The normalized spacial score (nSPS) is 11.2. The van der Waals surface area contributed by atoms with Crippen LogP contribution >= 0.6 is 31.9 Å². The van der Waals surface area contributed by atoms with Crippen LogP contribution in [0.1, 0.15) is 35.3 Å². The van der Waals surface area contributed by atoms with Crippen LogP contribution in [0, 0.1) is 19.3 Å². The molecule has 2 aromatic rings. The van der Waals surface area contributed by atoms with E-state index >= 15 is 0 Å². The number of halogens is 2. The zero-order chi connectivity index (χ0) is 23.9. The lowest BCUT2D eigenvalue weighted by Crippen LogP contribution is -2.11. The van der Waals surface area contributed by atoms with Gasteiger partial charge < -0.3 is 14.5 Å². The van der Waals surface area contributed by atoms with Crippen LogP contribution in [0.15, 0.2) is 49.8 Å². The third-order valence-electron chi connectivity index (χ3n) is 5.63. The van der Waals surface area contributed by atoms with Crippen molar-refractivity contribution in [2.75, 3.05) is 18.5 Å². The SMILES string of the molecule is CCNc1c(C)cc2c(-c3ccccc3C(=O)OCC)c3cc(C)c(=N)c(Br)c-3oc2c1Br. The molecule has 1 aliphatic carbocycles. The fourth-order valence-electron chi connectivity index (χ4n) is 4.11. The van der Waals surface area contributed by atoms with Crippen molar-refractivity contribution in [1.29, 1.82) is 5.41 Å². The third kappa shape index (κ3) is 3.97. The fourth-order valence-corrected chi connectivity index (χ4v) is 5.46. The highest BCUT2D eigenvalue weighted by molar-refractivity contribution is 9.11. The highest BCUT2D eigenvalue weighted by atomic mass is 79.9. The molecule has 33 heavy (non-hydrogen) atoms. The Morgan fingerprint density at radius 3 is 2.48 bits per heavy atom. The molecule has 0 atom stereocenters. The van der Waals surface area contributed by atoms with E-state index in [4.69, 9.17) is 14.6 Å². The molecule has 0 amide bonds. The van der Waals surface area contributed by atoms with Crippen LogP contribution in [-0.4, -0.2) is 19.1 Å². The predicted molar refractivity (Wildman–Crippen MR) is 139 cm³/mol. The number of fused-ring (bicyclic) bond motifs is 2. The van der Waals surface area contributed by atoms with Crippen molar-refractivity contribution in [2.45, 2.75) is 27.7 Å². The molecule has 7 heteroatoms. The van der Waals surface area contributed by atoms with E-state index < -0.39 is 0 Å². The minimum Gasteiger partial charge on any atom is -0.462 e. The first kappa shape index (κ1) is 23.5. The Labute approximate surface area is 209 Å². The van der Waals surface area contributed by atoms with Gasteiger partial charge in [-0.05, 0) is 94.4 Å². The molecule has 2 aromatic carbocycles. The van der Waals surface area contributed by atoms with E-state index in [9.17, 15) is 4.79 Å². The van der Waals surface area contributed by atoms with Gasteiger partial charge in [0.05, 0.1) is 32.2 Å². The summed E-state index contributed by atoms with van der Waals surface area (Å²) in [5.41, 5.74) is 6.38. The van der Waals surface area contributed by atoms with Crippen LogP contribution in [0.3, 0.4) is 0 Å². The molecule has 0 saturated heterocycles. The maximum Gasteiger partial charge on any atom is 0.338 e. The molecule has 0 spiro atoms. The first-order valence-corrected chi connectivity index (χ1v) is 12.3. The summed E-state index contributed by atoms with van der Waals surface area (Å²) in [6.07, 6.45) is 0. The van der Waals surface area contributed by atoms with E-state index in [1.54, 1.807) is 13.0 Å². The average molecular weight is 572 g/mol. The quantitative estimate of drug-likeness (QED) is 0.193. The summed E-state index contributed by atoms with van der Waals surface area (Å²) in [5, 5.41) is 13.1. The van der Waals surface area contributed by atoms with Crippen molar-refractivity contribution in [3.8, 4) is 22.5 Å². The maximum atomic E-state index is 12.9. The van der Waals surface area contributed by atoms with Crippen molar-refractivity contribution >= 4 is 54.5 Å². The lowest BCUT2D eigenvalue weighted by molar-refractivity contribution is 0.0527. The van der Waals surface area contributed by atoms with Crippen LogP contribution in [0.25, 0.3) is 33.4 Å². The Bertz CT molecular complexity index is 1430. The molecule has 0 saturated carbocycles. The average Bonchev–Trinajstić information content (AvgIpc) is 2.80. The summed E-state index contributed by atoms with van der Waals surface area (Å²) < 4.78 is 13.2. The standard InChI is InChI=1S/C26H24Br2N2O3/c1-5-30-23-14(4)12-18-19(15-9-7-8-10-16(15)26(31)32-6-2)17-11-13(3)22(29)20(27)24(17)33-25(18)21(23)28/h7-12,29-30H,5-6H2,1-4H3. The topological polar surface area (TPSA) is 75.3 Å². The van der Waals surface area contributed by atoms with Crippen LogP contribution in [0.4, 0.5) is 5.69 Å². The lowest BCUT2D eigenvalue weighted by atomic mass is 9.89. The smallest absolute Gasteiger partial charge is 0.338 e. The second kappa shape index (κ2) is 9.31. The summed E-state index contributed by atoms with van der Waals surface area (Å²) >= 11 is 7.33. The molecule has 0 bridgehead atoms. The van der Waals surface area contributed by atoms with Gasteiger partial charge in [0.2, 0.25) is 0 Å². The molecular formula is C26H24Br2N2O3. The van der Waals surface area contributed by atoms with E-state index in [1.165, 1.54) is 0 Å². The Hall–Kier alpha value is -2.64. The monoisotopic (exact) mass is 570 g/mol. The molecular weight excluding hydrogens is 548 g/mol. The maximum absolute atomic E-state index is 12.9. The Morgan fingerprint density at radius 1 is 1.06 bits per heavy atom. The highest BCUT2D eigenvalue weighted by Gasteiger charge is 2.26. The first-order valence-electron chi connectivity index (χ1n) is 10.7. The zero-order valence-electron chi connectivity index (χ0n) is 18.9. The van der Waals surface area contributed by atoms with E-state index in [0.717, 1.165) is 49.9 Å². The van der Waals surface area contributed by atoms with E-state index in [0.29, 0.717) is 33.3 Å². The molecule has 0 fully saturated rings. The molecule has 2 N–H and O–H groups in total. The van der Waals surface area contributed by atoms with Crippen molar-refractivity contribution in [1.82, 2.24) is 0 Å². The molecule has 2 aliphatic rings. The third-order valence-corrected chi connectivity index (χ3v) is 7.14. The number of carbonyl (C=O) groups is 1. The number of esters is 1. The van der Waals surface area contributed by atoms with E-state index in [2.05, 4.69) is 43.2 Å². The summed E-state index contributed by atoms with van der Waals surface area (Å²) in [7, 11) is 0. The van der Waals surface area contributed by atoms with Gasteiger partial charge in [-0.1, -0.05) is 18.2 Å². The van der Waals surface area contributed by atoms with Crippen molar-refractivity contribution < 1.29 is 13.9 Å². The molecule has 4 rings (SSSR count). The molecule has 0 radical (unpaired) electrons. The second-order valence-corrected chi connectivity index (χ2v) is 9.38. The largest absolute Gasteiger partial charge is 0.462 e. The number of nitrogens with one attached hydrogen (secondary N) is 2. The molecule has 170 valence electrons. The number of rotatable bonds is 5. The van der Waals surface area contributed by atoms with Gasteiger partial charge >= 0.3 is 5.97 Å². The number of benzene rings is 3. The van der Waals surface area contributed by atoms with Gasteiger partial charge in [0, 0.05) is 23.1 Å². The first-order chi connectivity index (χ1) is 15.8. The Balaban J connectivity index is 2.24. The van der Waals surface area contributed by atoms with E-state index in [-0.39, 0.29) is 5.97 Å². The number of ether oxygens (including phenoxy) is 1. The molecule has 1 aliphatic heterocycles. The summed E-state index contributed by atoms with van der Waals surface area (Å²) in [4.78, 5) is 12.9. The van der Waals surface area contributed by atoms with Crippen molar-refractivity contribution in [3.63, 3.8) is 0 Å². The van der Waals surface area contributed by atoms with Crippen LogP contribution in [0.5, 0.6) is 0 Å². The molecule has 0 aromatic heterocycles. The molecule has 0 unspecified atom stereocenters. The Morgan fingerprint density at radius 2 is 1.79 bits per heavy atom. The lowest BCUT2D eigenvalue weighted by Gasteiger charge is -2.21. The number of aryl methyl sites for hydroxylation is 2. The van der Waals surface area contributed by atoms with Gasteiger partial charge in [0.15, 0.2) is 11.3 Å². The van der Waals surface area contributed by atoms with Crippen LogP contribution < -0.4 is 10.7 Å². The minimum atomic E-state index is -0.372. The van der Waals surface area contributed by atoms with Gasteiger partial charge in [0.25, 0.3) is 0 Å². The van der Waals surface area contributed by atoms with Crippen molar-refractivity contribution in [2.24, 2.45) is 0 Å². The second-order valence-electron chi connectivity index (χ2n) is 7.79. The Kier molecular flexibility index (Phi) is 6.64. The van der Waals surface area contributed by atoms with Crippen LogP contribution in [0.2, 0.25) is 0 Å². The van der Waals surface area contributed by atoms with Gasteiger partial charge in [-0.15, -0.1) is 0 Å². The minimum absolute atomic E-state index is 0.294. The van der Waals surface area contributed by atoms with Gasteiger partial charge in [-0.2, -0.15) is 0 Å². The highest BCUT2D eigenvalue weighted by Crippen LogP contribution is 2.47. The van der Waals surface area contributed by atoms with Crippen molar-refractivity contribution in [3.05, 3.63) is 67.4 Å². The molecule has 5 nitrogen and oxygen atoms in total. The number of carbonyl (C=O) groups excluding carboxylic acids is 1. The zero-order valence-corrected chi connectivity index (χ0v) is 22.0. The molecule has 1 heterocycles. The predicted octanol–water partition coefficient (Wildman–Crippen LogP) is 7.43.